The lowest BCUT2D eigenvalue weighted by Gasteiger charge is -2.29. The van der Waals surface area contributed by atoms with Crippen molar-refractivity contribution in [2.75, 3.05) is 19.7 Å². The maximum Gasteiger partial charge on any atom is 0.224 e. The summed E-state index contributed by atoms with van der Waals surface area (Å²) in [5.41, 5.74) is 4.69. The molecule has 1 fully saturated rings. The van der Waals surface area contributed by atoms with E-state index in [-0.39, 0.29) is 12.0 Å². The van der Waals surface area contributed by atoms with E-state index >= 15 is 0 Å². The highest BCUT2D eigenvalue weighted by Crippen LogP contribution is 2.26. The van der Waals surface area contributed by atoms with Crippen molar-refractivity contribution >= 4 is 5.91 Å². The lowest BCUT2D eigenvalue weighted by atomic mass is 9.88. The number of aliphatic hydroxyl groups excluding tert-OH is 1. The van der Waals surface area contributed by atoms with Gasteiger partial charge in [-0.05, 0) is 32.6 Å². The Balaban J connectivity index is 2.17. The van der Waals surface area contributed by atoms with Crippen LogP contribution in [-0.2, 0) is 9.53 Å². The molecule has 0 heterocycles. The highest BCUT2D eigenvalue weighted by molar-refractivity contribution is 5.80. The SMILES string of the molecule is CC1CCCCC1OCC(O)CNCC(C)(C)C(N)=O. The lowest BCUT2D eigenvalue weighted by Crippen LogP contribution is -2.43. The highest BCUT2D eigenvalue weighted by Gasteiger charge is 2.25. The first-order chi connectivity index (χ1) is 9.33. The van der Waals surface area contributed by atoms with Gasteiger partial charge in [-0.1, -0.05) is 19.8 Å². The second-order valence-corrected chi connectivity index (χ2v) is 6.67. The van der Waals surface area contributed by atoms with Crippen LogP contribution in [0.15, 0.2) is 0 Å². The zero-order chi connectivity index (χ0) is 15.2. The third-order valence-corrected chi connectivity index (χ3v) is 4.15. The molecule has 0 bridgehead atoms. The summed E-state index contributed by atoms with van der Waals surface area (Å²) < 4.78 is 5.81. The number of hydrogen-bond acceptors (Lipinski definition) is 4. The van der Waals surface area contributed by atoms with E-state index in [0.29, 0.717) is 25.6 Å². The van der Waals surface area contributed by atoms with Crippen LogP contribution in [0, 0.1) is 11.3 Å². The molecule has 0 saturated heterocycles. The highest BCUT2D eigenvalue weighted by atomic mass is 16.5. The van der Waals surface area contributed by atoms with Crippen LogP contribution < -0.4 is 11.1 Å². The molecule has 118 valence electrons. The summed E-state index contributed by atoms with van der Waals surface area (Å²) in [6, 6.07) is 0. The molecule has 3 atom stereocenters. The van der Waals surface area contributed by atoms with Gasteiger partial charge in [-0.3, -0.25) is 4.79 Å². The van der Waals surface area contributed by atoms with Gasteiger partial charge < -0.3 is 20.9 Å². The van der Waals surface area contributed by atoms with Crippen LogP contribution in [0.1, 0.15) is 46.5 Å². The standard InChI is InChI=1S/C15H30N2O3/c1-11-6-4-5-7-13(11)20-9-12(18)8-17-10-15(2,3)14(16)19/h11-13,17-18H,4-10H2,1-3H3,(H2,16,19). The molecule has 0 aliphatic heterocycles. The number of primary amides is 1. The van der Waals surface area contributed by atoms with E-state index in [1.807, 2.05) is 0 Å². The van der Waals surface area contributed by atoms with Crippen molar-refractivity contribution in [1.29, 1.82) is 0 Å². The third kappa shape index (κ3) is 5.77. The minimum absolute atomic E-state index is 0.278. The molecule has 1 saturated carbocycles. The number of nitrogens with two attached hydrogens (primary N) is 1. The van der Waals surface area contributed by atoms with Gasteiger partial charge in [0.2, 0.25) is 5.91 Å². The average molecular weight is 286 g/mol. The molecule has 3 unspecified atom stereocenters. The van der Waals surface area contributed by atoms with Crippen LogP contribution in [0.25, 0.3) is 0 Å². The van der Waals surface area contributed by atoms with Gasteiger partial charge in [-0.15, -0.1) is 0 Å². The van der Waals surface area contributed by atoms with Gasteiger partial charge in [-0.25, -0.2) is 0 Å². The van der Waals surface area contributed by atoms with E-state index in [2.05, 4.69) is 12.2 Å². The number of aliphatic hydroxyl groups is 1. The number of hydrogen-bond donors (Lipinski definition) is 3. The quantitative estimate of drug-likeness (QED) is 0.622. The van der Waals surface area contributed by atoms with E-state index in [1.54, 1.807) is 13.8 Å². The summed E-state index contributed by atoms with van der Waals surface area (Å²) in [5, 5.41) is 13.0. The fraction of sp³-hybridized carbons (Fsp3) is 0.933. The Morgan fingerprint density at radius 1 is 1.45 bits per heavy atom. The number of carbonyl (C=O) groups excluding carboxylic acids is 1. The second-order valence-electron chi connectivity index (χ2n) is 6.67. The summed E-state index contributed by atoms with van der Waals surface area (Å²) in [4.78, 5) is 11.2. The van der Waals surface area contributed by atoms with Crippen LogP contribution in [0.2, 0.25) is 0 Å². The van der Waals surface area contributed by atoms with Crippen molar-refractivity contribution < 1.29 is 14.6 Å². The third-order valence-electron chi connectivity index (χ3n) is 4.15. The Labute approximate surface area is 122 Å². The average Bonchev–Trinajstić information content (AvgIpc) is 2.37. The topological polar surface area (TPSA) is 84.6 Å². The number of rotatable bonds is 8. The zero-order valence-electron chi connectivity index (χ0n) is 13.0. The first-order valence-electron chi connectivity index (χ1n) is 7.63. The van der Waals surface area contributed by atoms with Crippen LogP contribution in [-0.4, -0.2) is 42.9 Å². The number of carbonyl (C=O) groups is 1. The summed E-state index contributed by atoms with van der Waals surface area (Å²) in [5.74, 6) is 0.240. The predicted molar refractivity (Wildman–Crippen MR) is 79.2 cm³/mol. The van der Waals surface area contributed by atoms with Gasteiger partial charge in [0.1, 0.15) is 0 Å². The molecule has 5 heteroatoms. The molecule has 0 aromatic carbocycles. The predicted octanol–water partition coefficient (Wildman–Crippen LogP) is 1.04. The van der Waals surface area contributed by atoms with Gasteiger partial charge in [0.05, 0.1) is 24.2 Å². The molecule has 0 aromatic rings. The van der Waals surface area contributed by atoms with Crippen molar-refractivity contribution in [3.63, 3.8) is 0 Å². The van der Waals surface area contributed by atoms with Crippen molar-refractivity contribution in [3.8, 4) is 0 Å². The molecule has 1 aliphatic rings. The van der Waals surface area contributed by atoms with Crippen molar-refractivity contribution in [2.24, 2.45) is 17.1 Å². The Bertz CT molecular complexity index is 307. The van der Waals surface area contributed by atoms with Crippen LogP contribution in [0.5, 0.6) is 0 Å². The van der Waals surface area contributed by atoms with E-state index < -0.39 is 11.5 Å². The first kappa shape index (κ1) is 17.4. The number of amides is 1. The number of nitrogens with one attached hydrogen (secondary N) is 1. The van der Waals surface area contributed by atoms with Gasteiger partial charge in [0.15, 0.2) is 0 Å². The van der Waals surface area contributed by atoms with Crippen molar-refractivity contribution in [1.82, 2.24) is 5.32 Å². The maximum atomic E-state index is 11.2. The van der Waals surface area contributed by atoms with Crippen molar-refractivity contribution in [3.05, 3.63) is 0 Å². The second kappa shape index (κ2) is 7.96. The van der Waals surface area contributed by atoms with Gasteiger partial charge in [-0.2, -0.15) is 0 Å². The summed E-state index contributed by atoms with van der Waals surface area (Å²) in [7, 11) is 0. The molecule has 1 aliphatic carbocycles. The van der Waals surface area contributed by atoms with Crippen LogP contribution in [0.3, 0.4) is 0 Å². The molecule has 5 nitrogen and oxygen atoms in total. The zero-order valence-corrected chi connectivity index (χ0v) is 13.0. The smallest absolute Gasteiger partial charge is 0.224 e. The van der Waals surface area contributed by atoms with E-state index in [0.717, 1.165) is 6.42 Å². The summed E-state index contributed by atoms with van der Waals surface area (Å²) >= 11 is 0. The largest absolute Gasteiger partial charge is 0.389 e. The molecule has 1 rings (SSSR count). The summed E-state index contributed by atoms with van der Waals surface area (Å²) in [6.07, 6.45) is 4.54. The Morgan fingerprint density at radius 3 is 2.70 bits per heavy atom. The fourth-order valence-corrected chi connectivity index (χ4v) is 2.46. The summed E-state index contributed by atoms with van der Waals surface area (Å²) in [6.45, 7) is 7.00. The Kier molecular flexibility index (Phi) is 6.92. The Hall–Kier alpha value is -0.650. The maximum absolute atomic E-state index is 11.2. The fourth-order valence-electron chi connectivity index (χ4n) is 2.46. The number of ether oxygens (including phenoxy) is 1. The van der Waals surface area contributed by atoms with Crippen LogP contribution >= 0.6 is 0 Å². The van der Waals surface area contributed by atoms with Crippen molar-refractivity contribution in [2.45, 2.75) is 58.7 Å². The molecule has 0 radical (unpaired) electrons. The van der Waals surface area contributed by atoms with Gasteiger partial charge in [0, 0.05) is 13.1 Å². The molecular weight excluding hydrogens is 256 g/mol. The minimum atomic E-state index is -0.599. The van der Waals surface area contributed by atoms with Gasteiger partial charge >= 0.3 is 0 Å². The van der Waals surface area contributed by atoms with E-state index in [4.69, 9.17) is 10.5 Å². The van der Waals surface area contributed by atoms with Gasteiger partial charge in [0.25, 0.3) is 0 Å². The first-order valence-corrected chi connectivity index (χ1v) is 7.63. The lowest BCUT2D eigenvalue weighted by molar-refractivity contribution is -0.125. The monoisotopic (exact) mass is 286 g/mol. The molecule has 20 heavy (non-hydrogen) atoms. The Morgan fingerprint density at radius 2 is 2.10 bits per heavy atom. The molecular formula is C15H30N2O3. The molecule has 0 spiro atoms. The van der Waals surface area contributed by atoms with E-state index in [9.17, 15) is 9.90 Å². The normalized spacial score (nSPS) is 25.4. The van der Waals surface area contributed by atoms with E-state index in [1.165, 1.54) is 19.3 Å². The molecule has 4 N–H and O–H groups in total. The minimum Gasteiger partial charge on any atom is -0.389 e. The molecule has 1 amide bonds. The van der Waals surface area contributed by atoms with Crippen LogP contribution in [0.4, 0.5) is 0 Å². The molecule has 0 aromatic heterocycles.